The summed E-state index contributed by atoms with van der Waals surface area (Å²) < 4.78 is 40.8. The van der Waals surface area contributed by atoms with E-state index in [1.165, 1.54) is 18.5 Å². The maximum atomic E-state index is 14.6. The fourth-order valence-corrected chi connectivity index (χ4v) is 3.60. The van der Waals surface area contributed by atoms with Gasteiger partial charge in [-0.15, -0.1) is 0 Å². The van der Waals surface area contributed by atoms with Gasteiger partial charge in [0.15, 0.2) is 6.23 Å². The Kier molecular flexibility index (Phi) is 5.60. The maximum absolute atomic E-state index is 14.6. The van der Waals surface area contributed by atoms with Crippen molar-refractivity contribution in [3.8, 4) is 0 Å². The van der Waals surface area contributed by atoms with E-state index in [1.54, 1.807) is 49.5 Å². The number of hydrogen-bond acceptors (Lipinski definition) is 6. The highest BCUT2D eigenvalue weighted by Crippen LogP contribution is 2.38. The van der Waals surface area contributed by atoms with Crippen molar-refractivity contribution in [2.75, 3.05) is 17.3 Å². The lowest BCUT2D eigenvalue weighted by Gasteiger charge is -2.33. The first kappa shape index (κ1) is 20.8. The standard InChI is InChI=1S/C22H20F3N5O/c1-12(14-4-3-5-15(18(14)23)19(24)25)29-20-17-10-16(13-6-8-26-9-7-13)22(31)30(2)21(17)28-11-27-20/h3-12,19,22,31H,1-2H3,(H,27,28,29)/t12-,22?/m1/s1. The van der Waals surface area contributed by atoms with Crippen LogP contribution in [0.15, 0.2) is 49.1 Å². The summed E-state index contributed by atoms with van der Waals surface area (Å²) in [6.45, 7) is 1.66. The third-order valence-electron chi connectivity index (χ3n) is 5.27. The van der Waals surface area contributed by atoms with E-state index in [0.717, 1.165) is 11.6 Å². The van der Waals surface area contributed by atoms with Crippen LogP contribution in [0.1, 0.15) is 41.6 Å². The third-order valence-corrected chi connectivity index (χ3v) is 5.27. The molecule has 4 rings (SSSR count). The zero-order valence-corrected chi connectivity index (χ0v) is 16.8. The fraction of sp³-hybridized carbons (Fsp3) is 0.227. The zero-order chi connectivity index (χ0) is 22.1. The number of hydrogen-bond donors (Lipinski definition) is 2. The number of benzene rings is 1. The van der Waals surface area contributed by atoms with Gasteiger partial charge >= 0.3 is 0 Å². The highest BCUT2D eigenvalue weighted by molar-refractivity contribution is 5.94. The van der Waals surface area contributed by atoms with E-state index in [0.29, 0.717) is 22.8 Å². The molecule has 0 radical (unpaired) electrons. The van der Waals surface area contributed by atoms with E-state index in [4.69, 9.17) is 0 Å². The average molecular weight is 427 g/mol. The molecular formula is C22H20F3N5O. The van der Waals surface area contributed by atoms with E-state index in [2.05, 4.69) is 20.3 Å². The van der Waals surface area contributed by atoms with Gasteiger partial charge in [-0.2, -0.15) is 0 Å². The molecule has 31 heavy (non-hydrogen) atoms. The van der Waals surface area contributed by atoms with Gasteiger partial charge in [0.25, 0.3) is 6.43 Å². The van der Waals surface area contributed by atoms with Crippen molar-refractivity contribution < 1.29 is 18.3 Å². The Bertz CT molecular complexity index is 1120. The molecule has 0 saturated heterocycles. The smallest absolute Gasteiger partial charge is 0.266 e. The summed E-state index contributed by atoms with van der Waals surface area (Å²) in [5, 5.41) is 13.8. The highest BCUT2D eigenvalue weighted by atomic mass is 19.3. The number of likely N-dealkylation sites (N-methyl/N-ethyl adjacent to an activating group) is 1. The summed E-state index contributed by atoms with van der Waals surface area (Å²) in [4.78, 5) is 14.1. The van der Waals surface area contributed by atoms with Crippen molar-refractivity contribution in [1.82, 2.24) is 15.0 Å². The Morgan fingerprint density at radius 2 is 1.81 bits per heavy atom. The summed E-state index contributed by atoms with van der Waals surface area (Å²) >= 11 is 0. The van der Waals surface area contributed by atoms with Crippen molar-refractivity contribution in [1.29, 1.82) is 0 Å². The quantitative estimate of drug-likeness (QED) is 0.628. The molecule has 0 saturated carbocycles. The number of aliphatic hydroxyl groups excluding tert-OH is 1. The number of aromatic nitrogens is 3. The largest absolute Gasteiger partial charge is 0.369 e. The predicted molar refractivity (Wildman–Crippen MR) is 112 cm³/mol. The van der Waals surface area contributed by atoms with Crippen molar-refractivity contribution in [3.05, 3.63) is 77.1 Å². The lowest BCUT2D eigenvalue weighted by atomic mass is 9.98. The van der Waals surface area contributed by atoms with Crippen molar-refractivity contribution in [2.45, 2.75) is 25.6 Å². The van der Waals surface area contributed by atoms with Crippen molar-refractivity contribution >= 4 is 23.3 Å². The zero-order valence-electron chi connectivity index (χ0n) is 16.8. The van der Waals surface area contributed by atoms with Crippen molar-refractivity contribution in [3.63, 3.8) is 0 Å². The van der Waals surface area contributed by atoms with E-state index in [-0.39, 0.29) is 5.56 Å². The van der Waals surface area contributed by atoms with Gasteiger partial charge < -0.3 is 15.3 Å². The molecule has 2 N–H and O–H groups in total. The molecule has 2 atom stereocenters. The Balaban J connectivity index is 1.74. The van der Waals surface area contributed by atoms with Crippen LogP contribution in [0.4, 0.5) is 24.8 Å². The summed E-state index contributed by atoms with van der Waals surface area (Å²) in [5.74, 6) is -0.0672. The molecule has 0 aliphatic carbocycles. The van der Waals surface area contributed by atoms with Crippen LogP contribution in [0.2, 0.25) is 0 Å². The van der Waals surface area contributed by atoms with Crippen LogP contribution in [-0.2, 0) is 0 Å². The van der Waals surface area contributed by atoms with Crippen LogP contribution in [0, 0.1) is 5.82 Å². The minimum atomic E-state index is -2.90. The van der Waals surface area contributed by atoms with Gasteiger partial charge in [-0.3, -0.25) is 4.98 Å². The Hall–Kier alpha value is -3.46. The second-order valence-electron chi connectivity index (χ2n) is 7.20. The second kappa shape index (κ2) is 8.35. The molecule has 0 spiro atoms. The first-order chi connectivity index (χ1) is 14.9. The minimum Gasteiger partial charge on any atom is -0.369 e. The number of nitrogens with zero attached hydrogens (tertiary/aromatic N) is 4. The molecule has 6 nitrogen and oxygen atoms in total. The molecule has 1 aliphatic rings. The highest BCUT2D eigenvalue weighted by Gasteiger charge is 2.29. The first-order valence-electron chi connectivity index (χ1n) is 9.59. The van der Waals surface area contributed by atoms with E-state index < -0.39 is 30.1 Å². The molecule has 0 fully saturated rings. The second-order valence-corrected chi connectivity index (χ2v) is 7.20. The average Bonchev–Trinajstić information content (AvgIpc) is 2.77. The van der Waals surface area contributed by atoms with Gasteiger partial charge in [0.1, 0.15) is 23.8 Å². The summed E-state index contributed by atoms with van der Waals surface area (Å²) in [6, 6.07) is 6.84. The van der Waals surface area contributed by atoms with Crippen molar-refractivity contribution in [2.24, 2.45) is 0 Å². The molecular weight excluding hydrogens is 407 g/mol. The van der Waals surface area contributed by atoms with Gasteiger partial charge in [0.2, 0.25) is 0 Å². The first-order valence-corrected chi connectivity index (χ1v) is 9.59. The number of fused-ring (bicyclic) bond motifs is 1. The number of pyridine rings is 1. The molecule has 1 aliphatic heterocycles. The van der Waals surface area contributed by atoms with Crippen LogP contribution in [-0.4, -0.2) is 33.3 Å². The van der Waals surface area contributed by atoms with Gasteiger partial charge in [-0.25, -0.2) is 23.1 Å². The lowest BCUT2D eigenvalue weighted by Crippen LogP contribution is -2.36. The summed E-state index contributed by atoms with van der Waals surface area (Å²) in [6.07, 6.45) is 2.50. The summed E-state index contributed by atoms with van der Waals surface area (Å²) in [7, 11) is 1.70. The fourth-order valence-electron chi connectivity index (χ4n) is 3.60. The molecule has 3 heterocycles. The molecule has 9 heteroatoms. The number of halogens is 3. The summed E-state index contributed by atoms with van der Waals surface area (Å²) in [5.41, 5.74) is 1.46. The van der Waals surface area contributed by atoms with Gasteiger partial charge in [0.05, 0.1) is 17.2 Å². The van der Waals surface area contributed by atoms with E-state index in [1.807, 2.05) is 0 Å². The Morgan fingerprint density at radius 3 is 2.52 bits per heavy atom. The van der Waals surface area contributed by atoms with Gasteiger partial charge in [0, 0.05) is 30.6 Å². The van der Waals surface area contributed by atoms with Gasteiger partial charge in [-0.05, 0) is 30.7 Å². The molecule has 3 aromatic rings. The van der Waals surface area contributed by atoms with E-state index >= 15 is 0 Å². The van der Waals surface area contributed by atoms with Crippen LogP contribution < -0.4 is 10.2 Å². The molecule has 160 valence electrons. The molecule has 0 bridgehead atoms. The van der Waals surface area contributed by atoms with Crippen LogP contribution in [0.3, 0.4) is 0 Å². The molecule has 0 amide bonds. The number of anilines is 2. The predicted octanol–water partition coefficient (Wildman–Crippen LogP) is 4.43. The van der Waals surface area contributed by atoms with Gasteiger partial charge in [-0.1, -0.05) is 18.2 Å². The Labute approximate surface area is 177 Å². The molecule has 1 unspecified atom stereocenters. The Morgan fingerprint density at radius 1 is 1.10 bits per heavy atom. The van der Waals surface area contributed by atoms with Crippen LogP contribution in [0.5, 0.6) is 0 Å². The molecule has 1 aromatic carbocycles. The number of rotatable bonds is 5. The number of nitrogens with one attached hydrogen (secondary N) is 1. The topological polar surface area (TPSA) is 74.2 Å². The maximum Gasteiger partial charge on any atom is 0.266 e. The number of aliphatic hydroxyl groups is 1. The number of alkyl halides is 2. The molecule has 2 aromatic heterocycles. The lowest BCUT2D eigenvalue weighted by molar-refractivity contribution is 0.146. The normalized spacial score (nSPS) is 16.7. The SMILES string of the molecule is C[C@@H](Nc1ncnc2c1C=C(c1ccncc1)C(O)N2C)c1cccc(C(F)F)c1F. The third kappa shape index (κ3) is 3.84. The van der Waals surface area contributed by atoms with Crippen LogP contribution >= 0.6 is 0 Å². The monoisotopic (exact) mass is 427 g/mol. The van der Waals surface area contributed by atoms with E-state index in [9.17, 15) is 18.3 Å². The van der Waals surface area contributed by atoms with Crippen LogP contribution in [0.25, 0.3) is 11.6 Å². The minimum absolute atomic E-state index is 0.104.